The molecule has 1 amide bonds. The normalized spacial score (nSPS) is 13.6. The number of ether oxygens (including phenoxy) is 2. The van der Waals surface area contributed by atoms with Crippen molar-refractivity contribution in [2.24, 2.45) is 0 Å². The smallest absolute Gasteiger partial charge is 0.408 e. The number of hydrogen-bond acceptors (Lipinski definition) is 4. The summed E-state index contributed by atoms with van der Waals surface area (Å²) in [4.78, 5) is 23.6. The van der Waals surface area contributed by atoms with Gasteiger partial charge in [0.15, 0.2) is 0 Å². The van der Waals surface area contributed by atoms with Gasteiger partial charge in [-0.05, 0) is 48.0 Å². The van der Waals surface area contributed by atoms with E-state index in [1.807, 2.05) is 0 Å². The predicted molar refractivity (Wildman–Crippen MR) is 77.4 cm³/mol. The quantitative estimate of drug-likeness (QED) is 0.632. The van der Waals surface area contributed by atoms with Gasteiger partial charge in [-0.25, -0.2) is 9.59 Å². The van der Waals surface area contributed by atoms with E-state index in [9.17, 15) is 9.59 Å². The Kier molecular flexibility index (Phi) is 6.83. The Bertz CT molecular complexity index is 318. The van der Waals surface area contributed by atoms with Crippen molar-refractivity contribution < 1.29 is 19.1 Å². The fraction of sp³-hybridized carbons (Fsp3) is 0.846. The summed E-state index contributed by atoms with van der Waals surface area (Å²) in [6.45, 7) is 10.6. The van der Waals surface area contributed by atoms with Gasteiger partial charge in [-0.15, -0.1) is 0 Å². The second-order valence-corrected chi connectivity index (χ2v) is 7.00. The molecule has 6 heteroatoms. The van der Waals surface area contributed by atoms with Crippen molar-refractivity contribution >= 4 is 28.0 Å². The van der Waals surface area contributed by atoms with Crippen molar-refractivity contribution in [2.45, 2.75) is 65.2 Å². The van der Waals surface area contributed by atoms with Gasteiger partial charge >= 0.3 is 12.1 Å². The Morgan fingerprint density at radius 1 is 1.05 bits per heavy atom. The largest absolute Gasteiger partial charge is 0.458 e. The zero-order valence-corrected chi connectivity index (χ0v) is 14.1. The van der Waals surface area contributed by atoms with Crippen molar-refractivity contribution in [3.63, 3.8) is 0 Å². The van der Waals surface area contributed by atoms with Gasteiger partial charge < -0.3 is 14.8 Å². The average molecular weight is 338 g/mol. The third kappa shape index (κ3) is 9.76. The van der Waals surface area contributed by atoms with E-state index in [-0.39, 0.29) is 0 Å². The molecule has 0 saturated carbocycles. The highest BCUT2D eigenvalue weighted by Crippen LogP contribution is 2.12. The second-order valence-electron chi connectivity index (χ2n) is 6.21. The molecule has 5 nitrogen and oxygen atoms in total. The molecule has 0 aliphatic rings. The SMILES string of the molecule is CC(C)(C)OC(=O)NC(CCBr)C(=O)OC(C)(C)C. The molecule has 0 radical (unpaired) electrons. The minimum absolute atomic E-state index is 0.439. The minimum atomic E-state index is -0.714. The zero-order chi connectivity index (χ0) is 15.3. The Balaban J connectivity index is 4.57. The summed E-state index contributed by atoms with van der Waals surface area (Å²) in [6.07, 6.45) is -0.182. The van der Waals surface area contributed by atoms with E-state index in [1.54, 1.807) is 41.5 Å². The van der Waals surface area contributed by atoms with Crippen LogP contribution in [0.3, 0.4) is 0 Å². The predicted octanol–water partition coefficient (Wildman–Crippen LogP) is 3.01. The third-order valence-electron chi connectivity index (χ3n) is 1.78. The molecule has 112 valence electrons. The van der Waals surface area contributed by atoms with Gasteiger partial charge in [-0.1, -0.05) is 15.9 Å². The van der Waals surface area contributed by atoms with Crippen LogP contribution in [0, 0.1) is 0 Å². The number of carbonyl (C=O) groups excluding carboxylic acids is 2. The summed E-state index contributed by atoms with van der Waals surface area (Å²) >= 11 is 3.25. The topological polar surface area (TPSA) is 64.6 Å². The van der Waals surface area contributed by atoms with Crippen molar-refractivity contribution in [1.82, 2.24) is 5.32 Å². The molecule has 0 aliphatic carbocycles. The van der Waals surface area contributed by atoms with Gasteiger partial charge in [0, 0.05) is 5.33 Å². The molecular weight excluding hydrogens is 314 g/mol. The van der Waals surface area contributed by atoms with E-state index in [2.05, 4.69) is 21.2 Å². The van der Waals surface area contributed by atoms with Gasteiger partial charge in [0.2, 0.25) is 0 Å². The first-order valence-electron chi connectivity index (χ1n) is 6.23. The number of rotatable bonds is 4. The number of halogens is 1. The Labute approximate surface area is 123 Å². The molecule has 1 atom stereocenters. The van der Waals surface area contributed by atoms with Crippen molar-refractivity contribution in [1.29, 1.82) is 0 Å². The molecule has 0 aliphatic heterocycles. The van der Waals surface area contributed by atoms with Gasteiger partial charge in [-0.3, -0.25) is 0 Å². The highest BCUT2D eigenvalue weighted by molar-refractivity contribution is 9.09. The van der Waals surface area contributed by atoms with Crippen LogP contribution in [-0.2, 0) is 14.3 Å². The van der Waals surface area contributed by atoms with Crippen LogP contribution in [0.1, 0.15) is 48.0 Å². The molecule has 0 aromatic rings. The molecule has 0 bridgehead atoms. The lowest BCUT2D eigenvalue weighted by molar-refractivity contribution is -0.157. The molecule has 0 rings (SSSR count). The first-order valence-corrected chi connectivity index (χ1v) is 7.35. The Morgan fingerprint density at radius 2 is 1.53 bits per heavy atom. The maximum Gasteiger partial charge on any atom is 0.408 e. The first-order chi connectivity index (χ1) is 8.44. The monoisotopic (exact) mass is 337 g/mol. The number of esters is 1. The number of amides is 1. The lowest BCUT2D eigenvalue weighted by Crippen LogP contribution is -2.46. The number of nitrogens with one attached hydrogen (secondary N) is 1. The summed E-state index contributed by atoms with van der Waals surface area (Å²) in [7, 11) is 0. The fourth-order valence-corrected chi connectivity index (χ4v) is 1.64. The van der Waals surface area contributed by atoms with Gasteiger partial charge in [-0.2, -0.15) is 0 Å². The van der Waals surface area contributed by atoms with Crippen LogP contribution in [0.5, 0.6) is 0 Å². The van der Waals surface area contributed by atoms with Crippen molar-refractivity contribution in [2.75, 3.05) is 5.33 Å². The number of alkyl carbamates (subject to hydrolysis) is 1. The van der Waals surface area contributed by atoms with Gasteiger partial charge in [0.05, 0.1) is 0 Å². The molecule has 19 heavy (non-hydrogen) atoms. The zero-order valence-electron chi connectivity index (χ0n) is 12.5. The van der Waals surface area contributed by atoms with Crippen LogP contribution >= 0.6 is 15.9 Å². The van der Waals surface area contributed by atoms with E-state index < -0.39 is 29.3 Å². The summed E-state index contributed by atoms with van der Waals surface area (Å²) in [5, 5.41) is 3.11. The highest BCUT2D eigenvalue weighted by atomic mass is 79.9. The van der Waals surface area contributed by atoms with E-state index in [0.717, 1.165) is 0 Å². The van der Waals surface area contributed by atoms with Crippen LogP contribution < -0.4 is 5.32 Å². The lowest BCUT2D eigenvalue weighted by Gasteiger charge is -2.25. The highest BCUT2D eigenvalue weighted by Gasteiger charge is 2.28. The molecule has 0 fully saturated rings. The maximum atomic E-state index is 11.9. The Hall–Kier alpha value is -0.780. The first kappa shape index (κ1) is 18.2. The summed E-state index contributed by atoms with van der Waals surface area (Å²) in [5.41, 5.74) is -1.19. The summed E-state index contributed by atoms with van der Waals surface area (Å²) in [5.74, 6) is -0.460. The molecular formula is C13H24BrNO4. The van der Waals surface area contributed by atoms with Crippen LogP contribution in [0.2, 0.25) is 0 Å². The molecule has 1 unspecified atom stereocenters. The molecule has 0 spiro atoms. The molecule has 0 aromatic carbocycles. The van der Waals surface area contributed by atoms with E-state index in [0.29, 0.717) is 11.8 Å². The molecule has 0 aromatic heterocycles. The minimum Gasteiger partial charge on any atom is -0.458 e. The maximum absolute atomic E-state index is 11.9. The fourth-order valence-electron chi connectivity index (χ4n) is 1.18. The van der Waals surface area contributed by atoms with Crippen molar-refractivity contribution in [3.8, 4) is 0 Å². The van der Waals surface area contributed by atoms with Crippen LogP contribution in [0.25, 0.3) is 0 Å². The lowest BCUT2D eigenvalue weighted by atomic mass is 10.1. The van der Waals surface area contributed by atoms with Crippen molar-refractivity contribution in [3.05, 3.63) is 0 Å². The third-order valence-corrected chi connectivity index (χ3v) is 2.24. The molecule has 1 N–H and O–H groups in total. The number of hydrogen-bond donors (Lipinski definition) is 1. The summed E-state index contributed by atoms with van der Waals surface area (Å²) < 4.78 is 10.4. The van der Waals surface area contributed by atoms with E-state index >= 15 is 0 Å². The van der Waals surface area contributed by atoms with E-state index in [1.165, 1.54) is 0 Å². The van der Waals surface area contributed by atoms with E-state index in [4.69, 9.17) is 9.47 Å². The average Bonchev–Trinajstić information content (AvgIpc) is 2.10. The molecule has 0 heterocycles. The van der Waals surface area contributed by atoms with Gasteiger partial charge in [0.1, 0.15) is 17.2 Å². The van der Waals surface area contributed by atoms with Crippen LogP contribution in [0.4, 0.5) is 4.79 Å². The number of alkyl halides is 1. The standard InChI is InChI=1S/C13H24BrNO4/c1-12(2,3)18-10(16)9(7-8-14)15-11(17)19-13(4,5)6/h9H,7-8H2,1-6H3,(H,15,17). The van der Waals surface area contributed by atoms with Gasteiger partial charge in [0.25, 0.3) is 0 Å². The van der Waals surface area contributed by atoms with Crippen LogP contribution in [0.15, 0.2) is 0 Å². The Morgan fingerprint density at radius 3 is 1.89 bits per heavy atom. The second kappa shape index (κ2) is 7.12. The van der Waals surface area contributed by atoms with Crippen LogP contribution in [-0.4, -0.2) is 34.6 Å². The number of carbonyl (C=O) groups is 2. The summed E-state index contributed by atoms with van der Waals surface area (Å²) in [6, 6.07) is -0.714. The molecule has 0 saturated heterocycles.